The van der Waals surface area contributed by atoms with Gasteiger partial charge in [0.05, 0.1) is 6.07 Å². The Balaban J connectivity index is 2.60. The predicted octanol–water partition coefficient (Wildman–Crippen LogP) is 2.70. The zero-order valence-electron chi connectivity index (χ0n) is 7.95. The Morgan fingerprint density at radius 3 is 2.92 bits per heavy atom. The lowest BCUT2D eigenvalue weighted by molar-refractivity contribution is 0.502. The first-order valence-electron chi connectivity index (χ1n) is 4.45. The maximum absolute atomic E-state index is 8.93. The van der Waals surface area contributed by atoms with Crippen LogP contribution in [0.2, 0.25) is 0 Å². The Morgan fingerprint density at radius 1 is 1.69 bits per heavy atom. The first kappa shape index (κ1) is 10.2. The van der Waals surface area contributed by atoms with Crippen LogP contribution in [0.25, 0.3) is 0 Å². The van der Waals surface area contributed by atoms with Gasteiger partial charge < -0.3 is 0 Å². The predicted molar refractivity (Wildman–Crippen MR) is 55.6 cm³/mol. The molecular weight excluding hydrogens is 180 g/mol. The number of nitrogens with zero attached hydrogens (tertiary/aromatic N) is 1. The molecule has 0 aliphatic carbocycles. The first-order valence-corrected chi connectivity index (χ1v) is 5.40. The molecule has 0 aliphatic rings. The van der Waals surface area contributed by atoms with Crippen LogP contribution >= 0.6 is 11.3 Å². The van der Waals surface area contributed by atoms with Crippen molar-refractivity contribution in [3.63, 3.8) is 0 Å². The number of nitriles is 1. The standard InChI is InChI=1S/C10H14N2S/c1-3-8(2)12-10(6-11)9-4-5-13-7-9/h4-5,7-8,10,12H,3H2,1-2H3. The molecule has 1 heterocycles. The number of thiophene rings is 1. The maximum Gasteiger partial charge on any atom is 0.122 e. The van der Waals surface area contributed by atoms with Gasteiger partial charge in [0.15, 0.2) is 0 Å². The van der Waals surface area contributed by atoms with E-state index in [-0.39, 0.29) is 6.04 Å². The summed E-state index contributed by atoms with van der Waals surface area (Å²) in [5, 5.41) is 16.2. The molecule has 0 saturated carbocycles. The minimum atomic E-state index is -0.152. The summed E-state index contributed by atoms with van der Waals surface area (Å²) in [6.07, 6.45) is 1.04. The van der Waals surface area contributed by atoms with Crippen LogP contribution in [-0.4, -0.2) is 6.04 Å². The summed E-state index contributed by atoms with van der Waals surface area (Å²) in [4.78, 5) is 0. The molecule has 1 rings (SSSR count). The summed E-state index contributed by atoms with van der Waals surface area (Å²) in [5.41, 5.74) is 1.08. The Bertz CT molecular complexity index is 274. The van der Waals surface area contributed by atoms with Crippen LogP contribution in [0, 0.1) is 11.3 Å². The van der Waals surface area contributed by atoms with Gasteiger partial charge in [-0.25, -0.2) is 0 Å². The minimum absolute atomic E-state index is 0.152. The largest absolute Gasteiger partial charge is 0.296 e. The third-order valence-electron chi connectivity index (χ3n) is 2.07. The average Bonchev–Trinajstić information content (AvgIpc) is 2.66. The zero-order chi connectivity index (χ0) is 9.68. The molecule has 0 radical (unpaired) electrons. The van der Waals surface area contributed by atoms with Crippen molar-refractivity contribution in [2.45, 2.75) is 32.4 Å². The highest BCUT2D eigenvalue weighted by Crippen LogP contribution is 2.16. The fraction of sp³-hybridized carbons (Fsp3) is 0.500. The van der Waals surface area contributed by atoms with Crippen molar-refractivity contribution in [1.82, 2.24) is 5.32 Å². The molecular formula is C10H14N2S. The third-order valence-corrected chi connectivity index (χ3v) is 2.77. The van der Waals surface area contributed by atoms with Crippen molar-refractivity contribution in [2.24, 2.45) is 0 Å². The molecule has 3 heteroatoms. The van der Waals surface area contributed by atoms with Gasteiger partial charge in [0.2, 0.25) is 0 Å². The van der Waals surface area contributed by atoms with Crippen LogP contribution in [-0.2, 0) is 0 Å². The molecule has 2 nitrogen and oxygen atoms in total. The van der Waals surface area contributed by atoms with E-state index < -0.39 is 0 Å². The topological polar surface area (TPSA) is 35.8 Å². The molecule has 0 aromatic carbocycles. The summed E-state index contributed by atoms with van der Waals surface area (Å²) in [7, 11) is 0. The summed E-state index contributed by atoms with van der Waals surface area (Å²) in [5.74, 6) is 0. The van der Waals surface area contributed by atoms with Crippen molar-refractivity contribution in [3.8, 4) is 6.07 Å². The Kier molecular flexibility index (Phi) is 3.94. The van der Waals surface area contributed by atoms with Crippen molar-refractivity contribution < 1.29 is 0 Å². The maximum atomic E-state index is 8.93. The number of hydrogen-bond acceptors (Lipinski definition) is 3. The minimum Gasteiger partial charge on any atom is -0.296 e. The molecule has 0 bridgehead atoms. The van der Waals surface area contributed by atoms with E-state index in [1.807, 2.05) is 16.8 Å². The summed E-state index contributed by atoms with van der Waals surface area (Å²) in [6, 6.07) is 4.50. The van der Waals surface area contributed by atoms with E-state index in [0.717, 1.165) is 12.0 Å². The van der Waals surface area contributed by atoms with Gasteiger partial charge in [0.25, 0.3) is 0 Å². The molecule has 2 unspecified atom stereocenters. The van der Waals surface area contributed by atoms with Gasteiger partial charge in [-0.2, -0.15) is 16.6 Å². The van der Waals surface area contributed by atoms with Gasteiger partial charge in [-0.3, -0.25) is 5.32 Å². The summed E-state index contributed by atoms with van der Waals surface area (Å²) < 4.78 is 0. The van der Waals surface area contributed by atoms with Gasteiger partial charge in [0.1, 0.15) is 6.04 Å². The summed E-state index contributed by atoms with van der Waals surface area (Å²) in [6.45, 7) is 4.20. The summed E-state index contributed by atoms with van der Waals surface area (Å²) >= 11 is 1.63. The molecule has 0 amide bonds. The highest BCUT2D eigenvalue weighted by molar-refractivity contribution is 7.07. The van der Waals surface area contributed by atoms with Gasteiger partial charge in [0, 0.05) is 6.04 Å². The Hall–Kier alpha value is -0.850. The van der Waals surface area contributed by atoms with E-state index in [1.54, 1.807) is 11.3 Å². The smallest absolute Gasteiger partial charge is 0.122 e. The van der Waals surface area contributed by atoms with E-state index in [1.165, 1.54) is 0 Å². The van der Waals surface area contributed by atoms with Crippen molar-refractivity contribution in [3.05, 3.63) is 22.4 Å². The quantitative estimate of drug-likeness (QED) is 0.800. The fourth-order valence-corrected chi connectivity index (χ4v) is 1.74. The van der Waals surface area contributed by atoms with E-state index in [9.17, 15) is 0 Å². The van der Waals surface area contributed by atoms with E-state index in [2.05, 4.69) is 25.2 Å². The molecule has 1 aromatic heterocycles. The SMILES string of the molecule is CCC(C)NC(C#N)c1ccsc1. The van der Waals surface area contributed by atoms with Crippen LogP contribution in [0.3, 0.4) is 0 Å². The van der Waals surface area contributed by atoms with Crippen molar-refractivity contribution >= 4 is 11.3 Å². The van der Waals surface area contributed by atoms with Crippen LogP contribution in [0.4, 0.5) is 0 Å². The van der Waals surface area contributed by atoms with E-state index in [4.69, 9.17) is 5.26 Å². The molecule has 0 fully saturated rings. The molecule has 1 N–H and O–H groups in total. The molecule has 13 heavy (non-hydrogen) atoms. The lowest BCUT2D eigenvalue weighted by atomic mass is 10.1. The third kappa shape index (κ3) is 2.83. The first-order chi connectivity index (χ1) is 6.27. The Morgan fingerprint density at radius 2 is 2.46 bits per heavy atom. The van der Waals surface area contributed by atoms with Gasteiger partial charge in [-0.05, 0) is 35.7 Å². The lowest BCUT2D eigenvalue weighted by Crippen LogP contribution is -2.28. The highest BCUT2D eigenvalue weighted by Gasteiger charge is 2.12. The normalized spacial score (nSPS) is 14.8. The average molecular weight is 194 g/mol. The second-order valence-electron chi connectivity index (χ2n) is 3.09. The van der Waals surface area contributed by atoms with Crippen LogP contribution in [0.1, 0.15) is 31.9 Å². The number of hydrogen-bond donors (Lipinski definition) is 1. The second-order valence-corrected chi connectivity index (χ2v) is 3.87. The Labute approximate surface area is 83.2 Å². The highest BCUT2D eigenvalue weighted by atomic mass is 32.1. The molecule has 70 valence electrons. The fourth-order valence-electron chi connectivity index (χ4n) is 1.05. The number of nitrogens with one attached hydrogen (secondary N) is 1. The van der Waals surface area contributed by atoms with Gasteiger partial charge in [-0.15, -0.1) is 0 Å². The monoisotopic (exact) mass is 194 g/mol. The molecule has 0 saturated heterocycles. The van der Waals surface area contributed by atoms with Crippen molar-refractivity contribution in [1.29, 1.82) is 5.26 Å². The molecule has 0 aliphatic heterocycles. The molecule has 2 atom stereocenters. The molecule has 1 aromatic rings. The van der Waals surface area contributed by atoms with E-state index >= 15 is 0 Å². The zero-order valence-corrected chi connectivity index (χ0v) is 8.77. The van der Waals surface area contributed by atoms with Crippen LogP contribution in [0.5, 0.6) is 0 Å². The molecule has 0 spiro atoms. The lowest BCUT2D eigenvalue weighted by Gasteiger charge is -2.15. The second kappa shape index (κ2) is 5.00. The van der Waals surface area contributed by atoms with Crippen LogP contribution in [0.15, 0.2) is 16.8 Å². The van der Waals surface area contributed by atoms with Gasteiger partial charge >= 0.3 is 0 Å². The number of rotatable bonds is 4. The van der Waals surface area contributed by atoms with E-state index in [0.29, 0.717) is 6.04 Å². The van der Waals surface area contributed by atoms with Crippen LogP contribution < -0.4 is 5.32 Å². The van der Waals surface area contributed by atoms with Crippen molar-refractivity contribution in [2.75, 3.05) is 0 Å². The van der Waals surface area contributed by atoms with Gasteiger partial charge in [-0.1, -0.05) is 6.92 Å².